The average Bonchev–Trinajstić information content (AvgIpc) is 3.00. The molecule has 72 valence electrons. The highest BCUT2D eigenvalue weighted by Gasteiger charge is 2.31. The highest BCUT2D eigenvalue weighted by atomic mass is 32.2. The molecule has 1 fully saturated rings. The molecular weight excluding hydrogens is 192 g/mol. The summed E-state index contributed by atoms with van der Waals surface area (Å²) in [5, 5.41) is 0. The largest absolute Gasteiger partial charge is 0.328 e. The molecular formula is C11H12N2S. The molecule has 2 aliphatic rings. The Labute approximate surface area is 88.2 Å². The highest BCUT2D eigenvalue weighted by molar-refractivity contribution is 7.98. The molecule has 1 aliphatic carbocycles. The molecule has 0 bridgehead atoms. The van der Waals surface area contributed by atoms with Crippen LogP contribution >= 0.6 is 11.9 Å². The number of nitrogens with zero attached hydrogens (tertiary/aromatic N) is 2. The summed E-state index contributed by atoms with van der Waals surface area (Å²) in [7, 11) is 0. The fraction of sp³-hybridized carbons (Fsp3) is 0.364. The summed E-state index contributed by atoms with van der Waals surface area (Å²) in [4.78, 5) is 3.60. The van der Waals surface area contributed by atoms with Gasteiger partial charge in [0.2, 0.25) is 0 Å². The predicted molar refractivity (Wildman–Crippen MR) is 61.0 cm³/mol. The van der Waals surface area contributed by atoms with Crippen LogP contribution in [0.2, 0.25) is 0 Å². The number of rotatable bonds is 1. The molecule has 3 rings (SSSR count). The maximum absolute atomic E-state index is 4.31. The van der Waals surface area contributed by atoms with Gasteiger partial charge in [-0.3, -0.25) is 0 Å². The SMILES string of the molecule is Cc1ccc2c(c1)N(C1CC1)C=NS2. The molecule has 1 heterocycles. The van der Waals surface area contributed by atoms with Gasteiger partial charge < -0.3 is 4.90 Å². The molecule has 2 nitrogen and oxygen atoms in total. The molecule has 1 aromatic rings. The lowest BCUT2D eigenvalue weighted by molar-refractivity contribution is 0.994. The van der Waals surface area contributed by atoms with Crippen molar-refractivity contribution in [2.24, 2.45) is 4.40 Å². The molecule has 0 amide bonds. The second-order valence-electron chi connectivity index (χ2n) is 3.92. The Kier molecular flexibility index (Phi) is 1.80. The summed E-state index contributed by atoms with van der Waals surface area (Å²) >= 11 is 1.57. The van der Waals surface area contributed by atoms with Gasteiger partial charge in [-0.25, -0.2) is 4.40 Å². The Morgan fingerprint density at radius 2 is 2.29 bits per heavy atom. The summed E-state index contributed by atoms with van der Waals surface area (Å²) in [6.07, 6.45) is 4.60. The van der Waals surface area contributed by atoms with Crippen LogP contribution in [0.1, 0.15) is 18.4 Å². The van der Waals surface area contributed by atoms with Crippen molar-refractivity contribution in [3.8, 4) is 0 Å². The standard InChI is InChI=1S/C11H12N2S/c1-8-2-5-11-10(6-8)13(7-12-14-11)9-3-4-9/h2,5-7,9H,3-4H2,1H3. The number of hydrogen-bond donors (Lipinski definition) is 0. The van der Waals surface area contributed by atoms with Gasteiger partial charge in [0.05, 0.1) is 10.6 Å². The molecule has 0 atom stereocenters. The number of anilines is 1. The molecule has 1 saturated carbocycles. The molecule has 0 saturated heterocycles. The third kappa shape index (κ3) is 1.32. The van der Waals surface area contributed by atoms with E-state index in [4.69, 9.17) is 0 Å². The van der Waals surface area contributed by atoms with Crippen LogP contribution in [0, 0.1) is 6.92 Å². The van der Waals surface area contributed by atoms with Crippen molar-refractivity contribution in [1.29, 1.82) is 0 Å². The van der Waals surface area contributed by atoms with Crippen LogP contribution < -0.4 is 4.90 Å². The van der Waals surface area contributed by atoms with E-state index in [0.717, 1.165) is 0 Å². The number of aryl methyl sites for hydroxylation is 1. The second kappa shape index (κ2) is 3.02. The summed E-state index contributed by atoms with van der Waals surface area (Å²) in [6, 6.07) is 7.28. The van der Waals surface area contributed by atoms with E-state index >= 15 is 0 Å². The third-order valence-electron chi connectivity index (χ3n) is 2.66. The molecule has 14 heavy (non-hydrogen) atoms. The second-order valence-corrected chi connectivity index (χ2v) is 4.76. The van der Waals surface area contributed by atoms with Gasteiger partial charge in [-0.1, -0.05) is 6.07 Å². The Hall–Kier alpha value is -0.960. The molecule has 0 aromatic heterocycles. The number of hydrogen-bond acceptors (Lipinski definition) is 3. The number of benzene rings is 1. The van der Waals surface area contributed by atoms with Crippen LogP contribution in [0.25, 0.3) is 0 Å². The minimum atomic E-state index is 0.709. The van der Waals surface area contributed by atoms with Gasteiger partial charge in [0.15, 0.2) is 0 Å². The first-order chi connectivity index (χ1) is 6.84. The topological polar surface area (TPSA) is 15.6 Å². The first-order valence-electron chi connectivity index (χ1n) is 4.94. The zero-order valence-corrected chi connectivity index (χ0v) is 8.92. The van der Waals surface area contributed by atoms with Crippen molar-refractivity contribution >= 4 is 24.0 Å². The van der Waals surface area contributed by atoms with Crippen LogP contribution in [0.15, 0.2) is 27.5 Å². The van der Waals surface area contributed by atoms with E-state index in [2.05, 4.69) is 34.4 Å². The van der Waals surface area contributed by atoms with Crippen molar-refractivity contribution in [1.82, 2.24) is 0 Å². The zero-order chi connectivity index (χ0) is 9.54. The average molecular weight is 204 g/mol. The summed E-state index contributed by atoms with van der Waals surface area (Å²) in [5.41, 5.74) is 2.66. The fourth-order valence-corrected chi connectivity index (χ4v) is 2.39. The van der Waals surface area contributed by atoms with Crippen LogP contribution in [-0.2, 0) is 0 Å². The van der Waals surface area contributed by atoms with E-state index in [0.29, 0.717) is 6.04 Å². The van der Waals surface area contributed by atoms with Gasteiger partial charge in [0.25, 0.3) is 0 Å². The third-order valence-corrected chi connectivity index (χ3v) is 3.40. The zero-order valence-electron chi connectivity index (χ0n) is 8.10. The van der Waals surface area contributed by atoms with Gasteiger partial charge in [-0.15, -0.1) is 0 Å². The predicted octanol–water partition coefficient (Wildman–Crippen LogP) is 3.01. The summed E-state index contributed by atoms with van der Waals surface area (Å²) in [6.45, 7) is 2.14. The summed E-state index contributed by atoms with van der Waals surface area (Å²) < 4.78 is 4.31. The maximum atomic E-state index is 4.31. The quantitative estimate of drug-likeness (QED) is 0.653. The molecule has 1 aliphatic heterocycles. The van der Waals surface area contributed by atoms with Gasteiger partial charge in [0.1, 0.15) is 6.34 Å². The maximum Gasteiger partial charge on any atom is 0.104 e. The van der Waals surface area contributed by atoms with E-state index in [1.54, 1.807) is 11.9 Å². The van der Waals surface area contributed by atoms with Crippen LogP contribution in [0.5, 0.6) is 0 Å². The molecule has 0 radical (unpaired) electrons. The molecule has 0 unspecified atom stereocenters. The monoisotopic (exact) mass is 204 g/mol. The molecule has 0 spiro atoms. The Bertz CT molecular complexity index is 396. The lowest BCUT2D eigenvalue weighted by Gasteiger charge is -2.24. The smallest absolute Gasteiger partial charge is 0.104 e. The van der Waals surface area contributed by atoms with E-state index in [9.17, 15) is 0 Å². The fourth-order valence-electron chi connectivity index (χ4n) is 1.74. The lowest BCUT2D eigenvalue weighted by atomic mass is 10.2. The van der Waals surface area contributed by atoms with Crippen molar-refractivity contribution in [2.45, 2.75) is 30.7 Å². The Morgan fingerprint density at radius 1 is 1.43 bits per heavy atom. The van der Waals surface area contributed by atoms with Crippen LogP contribution in [0.4, 0.5) is 5.69 Å². The molecule has 1 aromatic carbocycles. The highest BCUT2D eigenvalue weighted by Crippen LogP contribution is 2.40. The van der Waals surface area contributed by atoms with Gasteiger partial charge in [-0.2, -0.15) is 0 Å². The Balaban J connectivity index is 2.06. The molecule has 0 N–H and O–H groups in total. The lowest BCUT2D eigenvalue weighted by Crippen LogP contribution is -2.25. The van der Waals surface area contributed by atoms with E-state index in [-0.39, 0.29) is 0 Å². The van der Waals surface area contributed by atoms with Crippen molar-refractivity contribution in [3.05, 3.63) is 23.8 Å². The minimum Gasteiger partial charge on any atom is -0.328 e. The van der Waals surface area contributed by atoms with Gasteiger partial charge in [-0.05, 0) is 37.5 Å². The van der Waals surface area contributed by atoms with Gasteiger partial charge >= 0.3 is 0 Å². The number of fused-ring (bicyclic) bond motifs is 1. The normalized spacial score (nSPS) is 19.6. The summed E-state index contributed by atoms with van der Waals surface area (Å²) in [5.74, 6) is 0. The van der Waals surface area contributed by atoms with Gasteiger partial charge in [0, 0.05) is 18.0 Å². The van der Waals surface area contributed by atoms with E-state index in [1.807, 2.05) is 6.34 Å². The van der Waals surface area contributed by atoms with Crippen LogP contribution in [-0.4, -0.2) is 12.4 Å². The van der Waals surface area contributed by atoms with Crippen molar-refractivity contribution in [2.75, 3.05) is 4.90 Å². The van der Waals surface area contributed by atoms with E-state index < -0.39 is 0 Å². The Morgan fingerprint density at radius 3 is 3.07 bits per heavy atom. The van der Waals surface area contributed by atoms with Crippen molar-refractivity contribution < 1.29 is 0 Å². The molecule has 3 heteroatoms. The minimum absolute atomic E-state index is 0.709. The van der Waals surface area contributed by atoms with Crippen LogP contribution in [0.3, 0.4) is 0 Å². The first-order valence-corrected chi connectivity index (χ1v) is 5.71. The van der Waals surface area contributed by atoms with E-state index in [1.165, 1.54) is 29.0 Å². The van der Waals surface area contributed by atoms with Crippen molar-refractivity contribution in [3.63, 3.8) is 0 Å². The first kappa shape index (κ1) is 8.36.